The number of aromatic nitrogens is 3. The monoisotopic (exact) mass is 449 g/mol. The number of nitrogens with two attached hydrogens (primary N) is 1. The topological polar surface area (TPSA) is 169 Å². The molecule has 0 aliphatic carbocycles. The molecular formula is C21H31N5O6. The smallest absolute Gasteiger partial charge is 0.328 e. The van der Waals surface area contributed by atoms with Crippen molar-refractivity contribution in [1.29, 1.82) is 0 Å². The van der Waals surface area contributed by atoms with Crippen molar-refractivity contribution in [2.75, 3.05) is 18.9 Å². The Morgan fingerprint density at radius 2 is 1.84 bits per heavy atom. The summed E-state index contributed by atoms with van der Waals surface area (Å²) >= 11 is 0. The second-order valence-electron chi connectivity index (χ2n) is 7.28. The molecule has 0 radical (unpaired) electrons. The number of nitrogens with one attached hydrogen (secondary N) is 3. The largest absolute Gasteiger partial charge is 0.466 e. The van der Waals surface area contributed by atoms with Crippen molar-refractivity contribution in [3.63, 3.8) is 0 Å². The molecular weight excluding hydrogens is 418 g/mol. The first-order valence-electron chi connectivity index (χ1n) is 10.8. The molecule has 0 saturated carbocycles. The maximum atomic E-state index is 12.3. The van der Waals surface area contributed by atoms with Crippen LogP contribution in [0.1, 0.15) is 58.1 Å². The Bertz CT molecular complexity index is 983. The molecule has 1 atom stereocenters. The summed E-state index contributed by atoms with van der Waals surface area (Å²) in [6.07, 6.45) is 3.31. The van der Waals surface area contributed by atoms with E-state index in [0.717, 1.165) is 18.5 Å². The predicted molar refractivity (Wildman–Crippen MR) is 118 cm³/mol. The molecule has 0 aliphatic heterocycles. The normalized spacial score (nSPS) is 11.8. The van der Waals surface area contributed by atoms with Gasteiger partial charge in [-0.15, -0.1) is 0 Å². The number of esters is 2. The number of ether oxygens (including phenoxy) is 2. The molecule has 5 N–H and O–H groups in total. The number of hydrogen-bond acceptors (Lipinski definition) is 8. The molecule has 2 aromatic rings. The molecule has 2 aromatic heterocycles. The number of anilines is 1. The number of aryl methyl sites for hydroxylation is 1. The maximum Gasteiger partial charge on any atom is 0.328 e. The second kappa shape index (κ2) is 12.5. The van der Waals surface area contributed by atoms with Gasteiger partial charge in [0, 0.05) is 18.5 Å². The number of hydrogen-bond donors (Lipinski definition) is 4. The van der Waals surface area contributed by atoms with Crippen molar-refractivity contribution in [1.82, 2.24) is 20.3 Å². The van der Waals surface area contributed by atoms with Gasteiger partial charge in [-0.3, -0.25) is 19.4 Å². The van der Waals surface area contributed by atoms with Crippen molar-refractivity contribution < 1.29 is 23.9 Å². The number of rotatable bonds is 13. The van der Waals surface area contributed by atoms with Crippen LogP contribution in [0.3, 0.4) is 0 Å². The minimum absolute atomic E-state index is 0.0193. The van der Waals surface area contributed by atoms with E-state index in [1.165, 1.54) is 0 Å². The molecule has 176 valence electrons. The molecule has 11 nitrogen and oxygen atoms in total. The van der Waals surface area contributed by atoms with Crippen molar-refractivity contribution in [2.45, 2.75) is 64.8 Å². The van der Waals surface area contributed by atoms with Crippen LogP contribution in [0.4, 0.5) is 5.95 Å². The van der Waals surface area contributed by atoms with Crippen LogP contribution in [0, 0.1) is 0 Å². The first-order valence-corrected chi connectivity index (χ1v) is 10.8. The lowest BCUT2D eigenvalue weighted by molar-refractivity contribution is -0.148. The SMILES string of the molecule is CCOC(=O)CC[C@H](NC(=O)CCCCCc1cc2c(=O)[nH]c(N)nc2[nH]1)C(=O)OCC. The summed E-state index contributed by atoms with van der Waals surface area (Å²) in [5.74, 6) is -1.20. The molecule has 0 fully saturated rings. The lowest BCUT2D eigenvalue weighted by atomic mass is 10.1. The number of H-pyrrole nitrogens is 2. The summed E-state index contributed by atoms with van der Waals surface area (Å²) in [6.45, 7) is 3.82. The van der Waals surface area contributed by atoms with Gasteiger partial charge < -0.3 is 25.5 Å². The van der Waals surface area contributed by atoms with Gasteiger partial charge in [0.25, 0.3) is 5.56 Å². The molecule has 0 spiro atoms. The van der Waals surface area contributed by atoms with Crippen molar-refractivity contribution in [2.24, 2.45) is 0 Å². The Kier molecular flexibility index (Phi) is 9.71. The van der Waals surface area contributed by atoms with E-state index in [1.807, 2.05) is 0 Å². The highest BCUT2D eigenvalue weighted by Crippen LogP contribution is 2.13. The first-order chi connectivity index (χ1) is 15.3. The van der Waals surface area contributed by atoms with E-state index in [9.17, 15) is 19.2 Å². The summed E-state index contributed by atoms with van der Waals surface area (Å²) in [7, 11) is 0. The van der Waals surface area contributed by atoms with Gasteiger partial charge >= 0.3 is 11.9 Å². The highest BCUT2D eigenvalue weighted by Gasteiger charge is 2.23. The van der Waals surface area contributed by atoms with Gasteiger partial charge in [-0.1, -0.05) is 6.42 Å². The first kappa shape index (κ1) is 24.9. The fourth-order valence-electron chi connectivity index (χ4n) is 3.26. The lowest BCUT2D eigenvalue weighted by Crippen LogP contribution is -2.42. The third kappa shape index (κ3) is 7.71. The number of unbranched alkanes of at least 4 members (excludes halogenated alkanes) is 2. The van der Waals surface area contributed by atoms with Crippen LogP contribution in [0.5, 0.6) is 0 Å². The van der Waals surface area contributed by atoms with Gasteiger partial charge in [0.05, 0.1) is 18.6 Å². The summed E-state index contributed by atoms with van der Waals surface area (Å²) in [5, 5.41) is 3.11. The maximum absolute atomic E-state index is 12.3. The Labute approximate surface area is 185 Å². The van der Waals surface area contributed by atoms with E-state index in [1.54, 1.807) is 19.9 Å². The molecule has 11 heteroatoms. The van der Waals surface area contributed by atoms with Gasteiger partial charge in [-0.25, -0.2) is 4.79 Å². The highest BCUT2D eigenvalue weighted by molar-refractivity contribution is 5.85. The van der Waals surface area contributed by atoms with E-state index in [2.05, 4.69) is 20.3 Å². The number of nitrogens with zero attached hydrogens (tertiary/aromatic N) is 1. The average molecular weight is 450 g/mol. The van der Waals surface area contributed by atoms with Crippen LogP contribution >= 0.6 is 0 Å². The fraction of sp³-hybridized carbons (Fsp3) is 0.571. The number of nitrogen functional groups attached to an aromatic ring is 1. The van der Waals surface area contributed by atoms with Crippen molar-refractivity contribution >= 4 is 34.8 Å². The summed E-state index contributed by atoms with van der Waals surface area (Å²) in [4.78, 5) is 57.3. The van der Waals surface area contributed by atoms with Crippen LogP contribution in [-0.4, -0.2) is 52.1 Å². The molecule has 1 amide bonds. The summed E-state index contributed by atoms with van der Waals surface area (Å²) in [6, 6.07) is 0.872. The predicted octanol–water partition coefficient (Wildman–Crippen LogP) is 1.33. The summed E-state index contributed by atoms with van der Waals surface area (Å²) in [5.41, 5.74) is 6.58. The number of carbonyl (C=O) groups excluding carboxylic acids is 3. The van der Waals surface area contributed by atoms with E-state index in [4.69, 9.17) is 15.2 Å². The molecule has 32 heavy (non-hydrogen) atoms. The molecule has 2 rings (SSSR count). The Balaban J connectivity index is 1.75. The zero-order valence-corrected chi connectivity index (χ0v) is 18.5. The van der Waals surface area contributed by atoms with Crippen LogP contribution in [0.2, 0.25) is 0 Å². The van der Waals surface area contributed by atoms with Crippen LogP contribution in [0.15, 0.2) is 10.9 Å². The van der Waals surface area contributed by atoms with Gasteiger partial charge in [-0.05, 0) is 45.6 Å². The molecule has 0 aliphatic rings. The van der Waals surface area contributed by atoms with E-state index in [0.29, 0.717) is 23.9 Å². The van der Waals surface area contributed by atoms with Crippen molar-refractivity contribution in [3.05, 3.63) is 22.1 Å². The Morgan fingerprint density at radius 3 is 2.56 bits per heavy atom. The molecule has 2 heterocycles. The van der Waals surface area contributed by atoms with Crippen LogP contribution < -0.4 is 16.6 Å². The van der Waals surface area contributed by atoms with Gasteiger partial charge in [0.2, 0.25) is 11.9 Å². The number of amides is 1. The minimum atomic E-state index is -0.878. The number of carbonyl (C=O) groups is 3. The highest BCUT2D eigenvalue weighted by atomic mass is 16.5. The van der Waals surface area contributed by atoms with Gasteiger partial charge in [-0.2, -0.15) is 4.98 Å². The fourth-order valence-corrected chi connectivity index (χ4v) is 3.26. The van der Waals surface area contributed by atoms with Crippen LogP contribution in [-0.2, 0) is 30.3 Å². The third-order valence-corrected chi connectivity index (χ3v) is 4.77. The molecule has 0 aromatic carbocycles. The van der Waals surface area contributed by atoms with E-state index in [-0.39, 0.29) is 49.9 Å². The average Bonchev–Trinajstić information content (AvgIpc) is 3.14. The number of fused-ring (bicyclic) bond motifs is 1. The standard InChI is InChI=1S/C21H31N5O6/c1-3-31-17(28)11-10-15(20(30)32-4-2)24-16(27)9-7-5-6-8-13-12-14-18(23-13)25-21(22)26-19(14)29/h12,15H,3-11H2,1-2H3,(H,24,27)(H4,22,23,25,26,29)/t15-/m0/s1. The van der Waals surface area contributed by atoms with Crippen LogP contribution in [0.25, 0.3) is 11.0 Å². The van der Waals surface area contributed by atoms with Gasteiger partial charge in [0.1, 0.15) is 11.7 Å². The number of aromatic amines is 2. The van der Waals surface area contributed by atoms with E-state index >= 15 is 0 Å². The molecule has 0 bridgehead atoms. The zero-order valence-electron chi connectivity index (χ0n) is 18.5. The minimum Gasteiger partial charge on any atom is -0.466 e. The lowest BCUT2D eigenvalue weighted by Gasteiger charge is -2.17. The quantitative estimate of drug-likeness (QED) is 0.262. The molecule has 0 unspecified atom stereocenters. The summed E-state index contributed by atoms with van der Waals surface area (Å²) < 4.78 is 9.84. The van der Waals surface area contributed by atoms with Crippen molar-refractivity contribution in [3.8, 4) is 0 Å². The van der Waals surface area contributed by atoms with Gasteiger partial charge in [0.15, 0.2) is 0 Å². The third-order valence-electron chi connectivity index (χ3n) is 4.77. The Morgan fingerprint density at radius 1 is 1.09 bits per heavy atom. The molecule has 0 saturated heterocycles. The van der Waals surface area contributed by atoms with E-state index < -0.39 is 18.0 Å². The zero-order chi connectivity index (χ0) is 23.5. The second-order valence-corrected chi connectivity index (χ2v) is 7.28. The Hall–Kier alpha value is -3.37.